The first kappa shape index (κ1) is 13.9. The van der Waals surface area contributed by atoms with Crippen LogP contribution in [-0.4, -0.2) is 35.1 Å². The first-order chi connectivity index (χ1) is 6.76. The topological polar surface area (TPSA) is 78.4 Å². The smallest absolute Gasteiger partial charge is 0.305 e. The fourth-order valence-corrected chi connectivity index (χ4v) is 1.20. The molecular formula is C10H20N2O3. The van der Waals surface area contributed by atoms with Gasteiger partial charge in [0.2, 0.25) is 5.91 Å². The molecule has 15 heavy (non-hydrogen) atoms. The third-order valence-corrected chi connectivity index (χ3v) is 1.65. The van der Waals surface area contributed by atoms with Gasteiger partial charge >= 0.3 is 5.97 Å². The van der Waals surface area contributed by atoms with E-state index >= 15 is 0 Å². The zero-order valence-corrected chi connectivity index (χ0v) is 9.76. The Morgan fingerprint density at radius 2 is 1.87 bits per heavy atom. The Bertz CT molecular complexity index is 233. The van der Waals surface area contributed by atoms with E-state index in [0.29, 0.717) is 6.54 Å². The van der Waals surface area contributed by atoms with E-state index in [-0.39, 0.29) is 17.9 Å². The van der Waals surface area contributed by atoms with Crippen molar-refractivity contribution < 1.29 is 14.7 Å². The van der Waals surface area contributed by atoms with Crippen molar-refractivity contribution >= 4 is 11.9 Å². The summed E-state index contributed by atoms with van der Waals surface area (Å²) in [6.07, 6.45) is -0.205. The number of aliphatic carboxylic acids is 1. The van der Waals surface area contributed by atoms with E-state index in [9.17, 15) is 9.59 Å². The molecule has 0 aromatic heterocycles. The first-order valence-corrected chi connectivity index (χ1v) is 5.03. The lowest BCUT2D eigenvalue weighted by Crippen LogP contribution is -2.52. The van der Waals surface area contributed by atoms with Crippen molar-refractivity contribution in [3.63, 3.8) is 0 Å². The van der Waals surface area contributed by atoms with Crippen LogP contribution < -0.4 is 10.6 Å². The number of carbonyl (C=O) groups excluding carboxylic acids is 1. The zero-order chi connectivity index (χ0) is 12.1. The molecule has 0 spiro atoms. The van der Waals surface area contributed by atoms with Gasteiger partial charge < -0.3 is 15.7 Å². The quantitative estimate of drug-likeness (QED) is 0.620. The van der Waals surface area contributed by atoms with Crippen LogP contribution in [-0.2, 0) is 9.59 Å². The highest BCUT2D eigenvalue weighted by Gasteiger charge is 2.25. The number of carboxylic acid groups (broad SMARTS) is 1. The van der Waals surface area contributed by atoms with Crippen LogP contribution in [0.4, 0.5) is 0 Å². The standard InChI is InChI=1S/C10H20N2O3/c1-5-11-9(15)7(6-8(13)14)12-10(2,3)4/h7,12H,5-6H2,1-4H3,(H,11,15)(H,13,14). The van der Waals surface area contributed by atoms with Crippen LogP contribution in [0.3, 0.4) is 0 Å². The summed E-state index contributed by atoms with van der Waals surface area (Å²) in [5.74, 6) is -1.25. The van der Waals surface area contributed by atoms with Crippen molar-refractivity contribution in [2.24, 2.45) is 0 Å². The van der Waals surface area contributed by atoms with Gasteiger partial charge in [0.1, 0.15) is 0 Å². The van der Waals surface area contributed by atoms with Crippen molar-refractivity contribution in [1.29, 1.82) is 0 Å². The van der Waals surface area contributed by atoms with E-state index in [4.69, 9.17) is 5.11 Å². The predicted octanol–water partition coefficient (Wildman–Crippen LogP) is 0.354. The molecule has 0 aliphatic rings. The highest BCUT2D eigenvalue weighted by molar-refractivity contribution is 5.86. The third-order valence-electron chi connectivity index (χ3n) is 1.65. The van der Waals surface area contributed by atoms with Crippen LogP contribution >= 0.6 is 0 Å². The highest BCUT2D eigenvalue weighted by Crippen LogP contribution is 2.04. The van der Waals surface area contributed by atoms with Crippen LogP contribution in [0, 0.1) is 0 Å². The Balaban J connectivity index is 4.44. The van der Waals surface area contributed by atoms with E-state index in [2.05, 4.69) is 10.6 Å². The number of hydrogen-bond donors (Lipinski definition) is 3. The molecule has 0 fully saturated rings. The van der Waals surface area contributed by atoms with Crippen LogP contribution in [0.2, 0.25) is 0 Å². The maximum Gasteiger partial charge on any atom is 0.305 e. The Morgan fingerprint density at radius 3 is 2.20 bits per heavy atom. The van der Waals surface area contributed by atoms with Gasteiger partial charge in [-0.1, -0.05) is 0 Å². The SMILES string of the molecule is CCNC(=O)C(CC(=O)O)NC(C)(C)C. The van der Waals surface area contributed by atoms with E-state index in [1.54, 1.807) is 6.92 Å². The highest BCUT2D eigenvalue weighted by atomic mass is 16.4. The molecule has 0 saturated carbocycles. The minimum atomic E-state index is -0.983. The molecule has 1 amide bonds. The zero-order valence-electron chi connectivity index (χ0n) is 9.76. The summed E-state index contributed by atoms with van der Waals surface area (Å²) in [5.41, 5.74) is -0.287. The van der Waals surface area contributed by atoms with Gasteiger partial charge in [-0.3, -0.25) is 9.59 Å². The maximum atomic E-state index is 11.5. The predicted molar refractivity (Wildman–Crippen MR) is 57.6 cm³/mol. The van der Waals surface area contributed by atoms with Crippen LogP contribution in [0.25, 0.3) is 0 Å². The summed E-state index contributed by atoms with van der Waals surface area (Å²) < 4.78 is 0. The molecule has 0 rings (SSSR count). The minimum absolute atomic E-state index is 0.205. The normalized spacial score (nSPS) is 13.3. The second-order valence-electron chi connectivity index (χ2n) is 4.44. The molecule has 0 aromatic carbocycles. The molecule has 0 heterocycles. The molecule has 0 aliphatic heterocycles. The van der Waals surface area contributed by atoms with Crippen molar-refractivity contribution in [1.82, 2.24) is 10.6 Å². The number of nitrogens with one attached hydrogen (secondary N) is 2. The third kappa shape index (κ3) is 6.90. The van der Waals surface area contributed by atoms with Gasteiger partial charge in [0.15, 0.2) is 0 Å². The number of likely N-dealkylation sites (N-methyl/N-ethyl adjacent to an activating group) is 1. The molecule has 1 unspecified atom stereocenters. The lowest BCUT2D eigenvalue weighted by Gasteiger charge is -2.26. The average Bonchev–Trinajstić information content (AvgIpc) is 1.99. The van der Waals surface area contributed by atoms with Gasteiger partial charge in [0, 0.05) is 12.1 Å². The van der Waals surface area contributed by atoms with Crippen molar-refractivity contribution in [3.05, 3.63) is 0 Å². The first-order valence-electron chi connectivity index (χ1n) is 5.03. The lowest BCUT2D eigenvalue weighted by atomic mass is 10.0. The molecule has 0 saturated heterocycles. The number of carboxylic acids is 1. The van der Waals surface area contributed by atoms with Gasteiger partial charge in [-0.2, -0.15) is 0 Å². The summed E-state index contributed by atoms with van der Waals surface area (Å²) in [4.78, 5) is 22.1. The summed E-state index contributed by atoms with van der Waals surface area (Å²) in [7, 11) is 0. The lowest BCUT2D eigenvalue weighted by molar-refractivity contribution is -0.140. The van der Waals surface area contributed by atoms with Gasteiger partial charge in [0.25, 0.3) is 0 Å². The van der Waals surface area contributed by atoms with Gasteiger partial charge in [-0.15, -0.1) is 0 Å². The molecule has 0 bridgehead atoms. The van der Waals surface area contributed by atoms with Crippen LogP contribution in [0.15, 0.2) is 0 Å². The summed E-state index contributed by atoms with van der Waals surface area (Å²) in [6, 6.07) is -0.678. The summed E-state index contributed by atoms with van der Waals surface area (Å²) in [5, 5.41) is 14.3. The van der Waals surface area contributed by atoms with Crippen molar-refractivity contribution in [2.45, 2.75) is 45.7 Å². The molecule has 5 heteroatoms. The molecule has 88 valence electrons. The molecule has 3 N–H and O–H groups in total. The largest absolute Gasteiger partial charge is 0.481 e. The van der Waals surface area contributed by atoms with Crippen molar-refractivity contribution in [3.8, 4) is 0 Å². The van der Waals surface area contributed by atoms with Gasteiger partial charge in [0.05, 0.1) is 12.5 Å². The molecule has 0 radical (unpaired) electrons. The number of carbonyl (C=O) groups is 2. The van der Waals surface area contributed by atoms with Gasteiger partial charge in [-0.05, 0) is 27.7 Å². The Labute approximate surface area is 90.2 Å². The summed E-state index contributed by atoms with van der Waals surface area (Å²) in [6.45, 7) is 7.97. The number of amides is 1. The molecule has 5 nitrogen and oxygen atoms in total. The molecule has 0 aromatic rings. The Hall–Kier alpha value is -1.10. The van der Waals surface area contributed by atoms with E-state index in [1.807, 2.05) is 20.8 Å². The second kappa shape index (κ2) is 5.70. The van der Waals surface area contributed by atoms with E-state index in [1.165, 1.54) is 0 Å². The monoisotopic (exact) mass is 216 g/mol. The van der Waals surface area contributed by atoms with Crippen LogP contribution in [0.1, 0.15) is 34.1 Å². The van der Waals surface area contributed by atoms with Gasteiger partial charge in [-0.25, -0.2) is 0 Å². The van der Waals surface area contributed by atoms with E-state index < -0.39 is 12.0 Å². The van der Waals surface area contributed by atoms with Crippen LogP contribution in [0.5, 0.6) is 0 Å². The fraction of sp³-hybridized carbons (Fsp3) is 0.800. The number of hydrogen-bond acceptors (Lipinski definition) is 3. The van der Waals surface area contributed by atoms with Crippen molar-refractivity contribution in [2.75, 3.05) is 6.54 Å². The summed E-state index contributed by atoms with van der Waals surface area (Å²) >= 11 is 0. The second-order valence-corrected chi connectivity index (χ2v) is 4.44. The fourth-order valence-electron chi connectivity index (χ4n) is 1.20. The minimum Gasteiger partial charge on any atom is -0.481 e. The maximum absolute atomic E-state index is 11.5. The average molecular weight is 216 g/mol. The Morgan fingerprint density at radius 1 is 1.33 bits per heavy atom. The number of rotatable bonds is 5. The molecule has 1 atom stereocenters. The Kier molecular flexibility index (Phi) is 5.28. The molecular weight excluding hydrogens is 196 g/mol. The van der Waals surface area contributed by atoms with E-state index in [0.717, 1.165) is 0 Å². The molecule has 0 aliphatic carbocycles.